The molecule has 4 unspecified atom stereocenters. The Bertz CT molecular complexity index is 360. The number of hydrogen-bond donors (Lipinski definition) is 1. The Morgan fingerprint density at radius 3 is 2.80 bits per heavy atom. The monoisotopic (exact) mass is 222 g/mol. The second kappa shape index (κ2) is 3.56. The van der Waals surface area contributed by atoms with E-state index in [9.17, 15) is 0 Å². The number of hydrogen-bond acceptors (Lipinski definition) is 3. The molecule has 2 N–H and O–H groups in total. The van der Waals surface area contributed by atoms with Crippen LogP contribution in [0.25, 0.3) is 0 Å². The molecule has 1 heterocycles. The fourth-order valence-electron chi connectivity index (χ4n) is 2.66. The molecule has 3 rings (SSSR count). The number of nitrogens with zero attached hydrogens (tertiary/aromatic N) is 1. The summed E-state index contributed by atoms with van der Waals surface area (Å²) in [5.41, 5.74) is 7.38. The van der Waals surface area contributed by atoms with Crippen LogP contribution in [0.2, 0.25) is 0 Å². The maximum absolute atomic E-state index is 6.10. The molecule has 2 nitrogen and oxygen atoms in total. The van der Waals surface area contributed by atoms with E-state index in [1.54, 1.807) is 0 Å². The first-order chi connectivity index (χ1) is 7.25. The number of rotatable bonds is 2. The lowest BCUT2D eigenvalue weighted by molar-refractivity contribution is 0.599. The van der Waals surface area contributed by atoms with Gasteiger partial charge in [-0.25, -0.2) is 4.98 Å². The summed E-state index contributed by atoms with van der Waals surface area (Å²) >= 11 is 1.85. The van der Waals surface area contributed by atoms with Gasteiger partial charge in [0.05, 0.1) is 10.7 Å². The smallest absolute Gasteiger partial charge is 0.0962 e. The SMILES string of the molecule is CC1CC1c1nc(C2CCCC2N)cs1. The van der Waals surface area contributed by atoms with Crippen molar-refractivity contribution in [3.8, 4) is 0 Å². The molecule has 3 heteroatoms. The largest absolute Gasteiger partial charge is 0.327 e. The van der Waals surface area contributed by atoms with Crippen molar-refractivity contribution in [3.05, 3.63) is 16.1 Å². The average molecular weight is 222 g/mol. The molecule has 2 fully saturated rings. The molecular weight excluding hydrogens is 204 g/mol. The second-order valence-electron chi connectivity index (χ2n) is 5.13. The summed E-state index contributed by atoms with van der Waals surface area (Å²) in [4.78, 5) is 4.79. The van der Waals surface area contributed by atoms with Crippen LogP contribution in [0.4, 0.5) is 0 Å². The van der Waals surface area contributed by atoms with E-state index in [1.807, 2.05) is 11.3 Å². The Morgan fingerprint density at radius 1 is 1.40 bits per heavy atom. The van der Waals surface area contributed by atoms with Crippen molar-refractivity contribution in [1.82, 2.24) is 4.98 Å². The van der Waals surface area contributed by atoms with Gasteiger partial charge < -0.3 is 5.73 Å². The minimum atomic E-state index is 0.358. The molecule has 0 spiro atoms. The zero-order valence-electron chi connectivity index (χ0n) is 9.15. The summed E-state index contributed by atoms with van der Waals surface area (Å²) in [5, 5.41) is 3.60. The first-order valence-corrected chi connectivity index (χ1v) is 6.84. The number of aromatic nitrogens is 1. The van der Waals surface area contributed by atoms with Gasteiger partial charge in [0.1, 0.15) is 0 Å². The zero-order valence-corrected chi connectivity index (χ0v) is 9.96. The fraction of sp³-hybridized carbons (Fsp3) is 0.750. The van der Waals surface area contributed by atoms with E-state index in [0.717, 1.165) is 11.8 Å². The molecule has 0 amide bonds. The highest BCUT2D eigenvalue weighted by Crippen LogP contribution is 2.48. The highest BCUT2D eigenvalue weighted by molar-refractivity contribution is 7.09. The molecule has 2 aliphatic rings. The molecule has 0 saturated heterocycles. The molecule has 2 saturated carbocycles. The van der Waals surface area contributed by atoms with Gasteiger partial charge in [0, 0.05) is 23.3 Å². The number of nitrogens with two attached hydrogens (primary N) is 1. The van der Waals surface area contributed by atoms with Gasteiger partial charge in [-0.05, 0) is 25.2 Å². The third kappa shape index (κ3) is 1.72. The van der Waals surface area contributed by atoms with E-state index < -0.39 is 0 Å². The maximum Gasteiger partial charge on any atom is 0.0962 e. The van der Waals surface area contributed by atoms with Gasteiger partial charge in [0.2, 0.25) is 0 Å². The van der Waals surface area contributed by atoms with Gasteiger partial charge in [-0.15, -0.1) is 11.3 Å². The summed E-state index contributed by atoms with van der Waals surface area (Å²) in [6.07, 6.45) is 5.03. The van der Waals surface area contributed by atoms with Crippen molar-refractivity contribution in [1.29, 1.82) is 0 Å². The van der Waals surface area contributed by atoms with Gasteiger partial charge in [0.25, 0.3) is 0 Å². The molecule has 15 heavy (non-hydrogen) atoms. The maximum atomic E-state index is 6.10. The van der Waals surface area contributed by atoms with Crippen LogP contribution in [0, 0.1) is 5.92 Å². The Morgan fingerprint density at radius 2 is 2.20 bits per heavy atom. The molecule has 0 aliphatic heterocycles. The summed E-state index contributed by atoms with van der Waals surface area (Å²) < 4.78 is 0. The van der Waals surface area contributed by atoms with Crippen molar-refractivity contribution in [3.63, 3.8) is 0 Å². The first-order valence-electron chi connectivity index (χ1n) is 5.96. The Labute approximate surface area is 94.9 Å². The minimum absolute atomic E-state index is 0.358. The third-order valence-electron chi connectivity index (χ3n) is 3.92. The molecular formula is C12H18N2S. The predicted octanol–water partition coefficient (Wildman–Crippen LogP) is 2.86. The van der Waals surface area contributed by atoms with Crippen molar-refractivity contribution in [2.75, 3.05) is 0 Å². The average Bonchev–Trinajstić information content (AvgIpc) is 2.69. The molecule has 2 aliphatic carbocycles. The normalized spacial score (nSPS) is 39.6. The molecule has 0 aromatic carbocycles. The van der Waals surface area contributed by atoms with Crippen LogP contribution in [0.5, 0.6) is 0 Å². The molecule has 0 radical (unpaired) electrons. The zero-order chi connectivity index (χ0) is 10.4. The van der Waals surface area contributed by atoms with Crippen LogP contribution < -0.4 is 5.73 Å². The second-order valence-corrected chi connectivity index (χ2v) is 6.02. The van der Waals surface area contributed by atoms with Crippen molar-refractivity contribution < 1.29 is 0 Å². The molecule has 1 aromatic heterocycles. The Balaban J connectivity index is 1.78. The van der Waals surface area contributed by atoms with E-state index in [2.05, 4.69) is 12.3 Å². The topological polar surface area (TPSA) is 38.9 Å². The van der Waals surface area contributed by atoms with Crippen molar-refractivity contribution >= 4 is 11.3 Å². The Kier molecular flexibility index (Phi) is 2.33. The van der Waals surface area contributed by atoms with Crippen LogP contribution in [0.1, 0.15) is 55.1 Å². The van der Waals surface area contributed by atoms with Crippen LogP contribution in [-0.2, 0) is 0 Å². The van der Waals surface area contributed by atoms with Gasteiger partial charge >= 0.3 is 0 Å². The van der Waals surface area contributed by atoms with Crippen LogP contribution in [0.15, 0.2) is 5.38 Å². The summed E-state index contributed by atoms with van der Waals surface area (Å²) in [6, 6.07) is 0.358. The fourth-order valence-corrected chi connectivity index (χ4v) is 3.79. The van der Waals surface area contributed by atoms with Gasteiger partial charge in [-0.2, -0.15) is 0 Å². The van der Waals surface area contributed by atoms with Crippen LogP contribution in [-0.4, -0.2) is 11.0 Å². The van der Waals surface area contributed by atoms with Gasteiger partial charge in [-0.1, -0.05) is 13.3 Å². The van der Waals surface area contributed by atoms with E-state index in [1.165, 1.54) is 36.4 Å². The lowest BCUT2D eigenvalue weighted by atomic mass is 10.0. The summed E-state index contributed by atoms with van der Waals surface area (Å²) in [5.74, 6) is 2.17. The Hall–Kier alpha value is -0.410. The lowest BCUT2D eigenvalue weighted by Gasteiger charge is -2.11. The standard InChI is InChI=1S/C12H18N2S/c1-7-5-9(7)12-14-11(6-15-12)8-3-2-4-10(8)13/h6-10H,2-5,13H2,1H3. The minimum Gasteiger partial charge on any atom is -0.327 e. The lowest BCUT2D eigenvalue weighted by Crippen LogP contribution is -2.22. The predicted molar refractivity (Wildman–Crippen MR) is 63.2 cm³/mol. The van der Waals surface area contributed by atoms with Gasteiger partial charge in [-0.3, -0.25) is 0 Å². The van der Waals surface area contributed by atoms with E-state index in [-0.39, 0.29) is 0 Å². The van der Waals surface area contributed by atoms with E-state index in [4.69, 9.17) is 10.7 Å². The van der Waals surface area contributed by atoms with Crippen LogP contribution >= 0.6 is 11.3 Å². The summed E-state index contributed by atoms with van der Waals surface area (Å²) in [7, 11) is 0. The third-order valence-corrected chi connectivity index (χ3v) is 4.91. The van der Waals surface area contributed by atoms with E-state index in [0.29, 0.717) is 12.0 Å². The summed E-state index contributed by atoms with van der Waals surface area (Å²) in [6.45, 7) is 2.31. The quantitative estimate of drug-likeness (QED) is 0.835. The van der Waals surface area contributed by atoms with Crippen molar-refractivity contribution in [2.45, 2.75) is 50.5 Å². The van der Waals surface area contributed by atoms with Gasteiger partial charge in [0.15, 0.2) is 0 Å². The molecule has 4 atom stereocenters. The highest BCUT2D eigenvalue weighted by atomic mass is 32.1. The molecule has 82 valence electrons. The molecule has 1 aromatic rings. The van der Waals surface area contributed by atoms with E-state index >= 15 is 0 Å². The first kappa shape index (κ1) is 9.79. The highest BCUT2D eigenvalue weighted by Gasteiger charge is 2.37. The number of thiazole rings is 1. The van der Waals surface area contributed by atoms with Crippen LogP contribution in [0.3, 0.4) is 0 Å². The molecule has 0 bridgehead atoms. The van der Waals surface area contributed by atoms with Crippen molar-refractivity contribution in [2.24, 2.45) is 11.7 Å².